The Labute approximate surface area is 244 Å². The lowest BCUT2D eigenvalue weighted by Gasteiger charge is -2.15. The summed E-state index contributed by atoms with van der Waals surface area (Å²) in [5.41, 5.74) is -0.169. The minimum atomic E-state index is -4.68. The second-order valence-corrected chi connectivity index (χ2v) is 11.5. The number of anilines is 1. The van der Waals surface area contributed by atoms with Crippen molar-refractivity contribution >= 4 is 32.5 Å². The number of hydrogen-bond donors (Lipinski definition) is 1. The lowest BCUT2D eigenvalue weighted by atomic mass is 9.98. The molecule has 0 fully saturated rings. The molecule has 228 valence electrons. The van der Waals surface area contributed by atoms with Crippen molar-refractivity contribution in [3.8, 4) is 22.6 Å². The lowest BCUT2D eigenvalue weighted by molar-refractivity contribution is -0.137. The van der Waals surface area contributed by atoms with Crippen LogP contribution in [0.2, 0.25) is 0 Å². The fraction of sp³-hybridized carbons (Fsp3) is 0.103. The van der Waals surface area contributed by atoms with Gasteiger partial charge in [0.1, 0.15) is 10.6 Å². The van der Waals surface area contributed by atoms with Crippen molar-refractivity contribution in [2.24, 2.45) is 7.05 Å². The molecule has 0 aliphatic heterocycles. The van der Waals surface area contributed by atoms with Crippen LogP contribution in [-0.2, 0) is 23.1 Å². The number of alkyl halides is 3. The summed E-state index contributed by atoms with van der Waals surface area (Å²) in [7, 11) is -3.09. The summed E-state index contributed by atoms with van der Waals surface area (Å²) in [4.78, 5) is 15.2. The number of hydrogen-bond acceptors (Lipinski definition) is 5. The molecule has 1 N–H and O–H groups in total. The average Bonchev–Trinajstić information content (AvgIpc) is 3.32. The lowest BCUT2D eigenvalue weighted by Crippen LogP contribution is -2.12. The van der Waals surface area contributed by atoms with Gasteiger partial charge in [-0.1, -0.05) is 12.1 Å². The smallest absolute Gasteiger partial charge is 0.417 e. The summed E-state index contributed by atoms with van der Waals surface area (Å²) in [6.45, 7) is 0. The van der Waals surface area contributed by atoms with Crippen LogP contribution < -0.4 is 10.1 Å². The molecule has 0 radical (unpaired) electrons. The Morgan fingerprint density at radius 1 is 0.909 bits per heavy atom. The van der Waals surface area contributed by atoms with Gasteiger partial charge in [0.05, 0.1) is 22.9 Å². The summed E-state index contributed by atoms with van der Waals surface area (Å²) in [6, 6.07) is 12.3. The average molecular weight is 638 g/mol. The van der Waals surface area contributed by atoms with Gasteiger partial charge in [-0.2, -0.15) is 22.0 Å². The highest BCUT2D eigenvalue weighted by Gasteiger charge is 2.35. The Bertz CT molecular complexity index is 2030. The topological polar surface area (TPSA) is 90.3 Å². The molecule has 1 amide bonds. The summed E-state index contributed by atoms with van der Waals surface area (Å²) >= 11 is 0. The molecule has 1 heterocycles. The zero-order chi connectivity index (χ0) is 32.1. The summed E-state index contributed by atoms with van der Waals surface area (Å²) < 4.78 is 128. The third-order valence-corrected chi connectivity index (χ3v) is 7.59. The normalized spacial score (nSPS) is 12.0. The van der Waals surface area contributed by atoms with E-state index in [-0.39, 0.29) is 33.6 Å². The van der Waals surface area contributed by atoms with Gasteiger partial charge in [-0.3, -0.25) is 4.79 Å². The maximum atomic E-state index is 14.4. The number of fused-ring (bicyclic) bond motifs is 1. The molecule has 15 heteroatoms. The first kappa shape index (κ1) is 30.5. The highest BCUT2D eigenvalue weighted by Crippen LogP contribution is 2.40. The number of sulfone groups is 1. The first-order valence-electron chi connectivity index (χ1n) is 12.3. The Morgan fingerprint density at radius 3 is 2.14 bits per heavy atom. The number of imidazole rings is 1. The molecule has 0 bridgehead atoms. The van der Waals surface area contributed by atoms with Crippen molar-refractivity contribution in [2.75, 3.05) is 11.6 Å². The van der Waals surface area contributed by atoms with Crippen LogP contribution in [-0.4, -0.2) is 30.1 Å². The van der Waals surface area contributed by atoms with Gasteiger partial charge >= 0.3 is 6.18 Å². The van der Waals surface area contributed by atoms with Crippen LogP contribution in [0.4, 0.5) is 36.4 Å². The van der Waals surface area contributed by atoms with E-state index < -0.39 is 61.4 Å². The minimum Gasteiger partial charge on any atom is -0.451 e. The molecular formula is C29H18F7N3O4S. The Morgan fingerprint density at radius 2 is 1.55 bits per heavy atom. The van der Waals surface area contributed by atoms with E-state index >= 15 is 0 Å². The molecule has 44 heavy (non-hydrogen) atoms. The fourth-order valence-corrected chi connectivity index (χ4v) is 5.24. The van der Waals surface area contributed by atoms with Gasteiger partial charge in [-0.05, 0) is 59.7 Å². The van der Waals surface area contributed by atoms with E-state index in [1.807, 2.05) is 0 Å². The number of nitrogens with zero attached hydrogens (tertiary/aromatic N) is 2. The van der Waals surface area contributed by atoms with Gasteiger partial charge in [0.25, 0.3) is 5.91 Å². The second-order valence-electron chi connectivity index (χ2n) is 9.59. The highest BCUT2D eigenvalue weighted by atomic mass is 32.2. The van der Waals surface area contributed by atoms with E-state index in [4.69, 9.17) is 4.74 Å². The number of ether oxygens (including phenoxy) is 1. The quantitative estimate of drug-likeness (QED) is 0.156. The Balaban J connectivity index is 1.39. The number of carbonyl (C=O) groups excluding carboxylic acids is 1. The van der Waals surface area contributed by atoms with Gasteiger partial charge in [-0.15, -0.1) is 0 Å². The molecule has 5 rings (SSSR count). The van der Waals surface area contributed by atoms with Gasteiger partial charge in [0.2, 0.25) is 17.4 Å². The van der Waals surface area contributed by atoms with Gasteiger partial charge in [0.15, 0.2) is 21.5 Å². The SMILES string of the molecule is Cn1cnc2cc(-c3cccc(NC(=O)c4ccc(Oc5c(F)c(F)c(S(C)(=O)=O)c(F)c5F)cc4)c3)c(C(F)(F)F)cc21. The van der Waals surface area contributed by atoms with Crippen molar-refractivity contribution in [2.45, 2.75) is 11.1 Å². The molecule has 4 aromatic carbocycles. The number of aromatic nitrogens is 2. The fourth-order valence-electron chi connectivity index (χ4n) is 4.41. The molecule has 0 spiro atoms. The summed E-state index contributed by atoms with van der Waals surface area (Å²) in [5.74, 6) is -11.1. The van der Waals surface area contributed by atoms with E-state index in [1.54, 1.807) is 7.05 Å². The standard InChI is InChI=1S/C29H18F7N3O4S/c1-39-13-37-20-11-18(19(12-21(20)39)29(34,35)36)15-4-3-5-16(10-15)38-28(40)14-6-8-17(9-7-14)43-26-22(30)24(32)27(44(2,41)42)25(33)23(26)31/h3-13H,1-2H3,(H,38,40). The molecule has 0 atom stereocenters. The molecule has 5 aromatic rings. The van der Waals surface area contributed by atoms with E-state index in [1.165, 1.54) is 41.2 Å². The number of aryl methyl sites for hydroxylation is 1. The number of nitrogens with one attached hydrogen (secondary N) is 1. The number of halogens is 7. The number of benzene rings is 4. The molecule has 0 saturated heterocycles. The van der Waals surface area contributed by atoms with Gasteiger partial charge in [0, 0.05) is 24.6 Å². The van der Waals surface area contributed by atoms with Gasteiger partial charge < -0.3 is 14.6 Å². The van der Waals surface area contributed by atoms with Crippen molar-refractivity contribution in [1.82, 2.24) is 9.55 Å². The van der Waals surface area contributed by atoms with Crippen molar-refractivity contribution in [1.29, 1.82) is 0 Å². The molecule has 0 aliphatic carbocycles. The Hall–Kier alpha value is -4.92. The van der Waals surface area contributed by atoms with Crippen molar-refractivity contribution in [3.63, 3.8) is 0 Å². The zero-order valence-electron chi connectivity index (χ0n) is 22.4. The van der Waals surface area contributed by atoms with E-state index in [0.29, 0.717) is 11.8 Å². The van der Waals surface area contributed by atoms with Crippen LogP contribution in [0.1, 0.15) is 15.9 Å². The van der Waals surface area contributed by atoms with E-state index in [2.05, 4.69) is 10.3 Å². The molecule has 7 nitrogen and oxygen atoms in total. The minimum absolute atomic E-state index is 0.0284. The van der Waals surface area contributed by atoms with Crippen molar-refractivity contribution < 1.29 is 48.7 Å². The Kier molecular flexibility index (Phi) is 7.61. The maximum Gasteiger partial charge on any atom is 0.417 e. The van der Waals surface area contributed by atoms with E-state index in [0.717, 1.165) is 30.3 Å². The van der Waals surface area contributed by atoms with Crippen LogP contribution in [0, 0.1) is 23.3 Å². The molecule has 0 unspecified atom stereocenters. The first-order chi connectivity index (χ1) is 20.6. The van der Waals surface area contributed by atoms with Crippen LogP contribution in [0.25, 0.3) is 22.2 Å². The van der Waals surface area contributed by atoms with Crippen LogP contribution in [0.5, 0.6) is 11.5 Å². The van der Waals surface area contributed by atoms with Gasteiger partial charge in [-0.25, -0.2) is 22.2 Å². The van der Waals surface area contributed by atoms with Crippen LogP contribution in [0.15, 0.2) is 71.9 Å². The number of carbonyl (C=O) groups is 1. The maximum absolute atomic E-state index is 14.4. The van der Waals surface area contributed by atoms with Crippen molar-refractivity contribution in [3.05, 3.63) is 101 Å². The number of rotatable bonds is 6. The first-order valence-corrected chi connectivity index (χ1v) is 14.2. The monoisotopic (exact) mass is 637 g/mol. The third kappa shape index (κ3) is 5.69. The second kappa shape index (κ2) is 11.0. The third-order valence-electron chi connectivity index (χ3n) is 6.49. The number of amides is 1. The molecule has 0 saturated carbocycles. The summed E-state index contributed by atoms with van der Waals surface area (Å²) in [5, 5.41) is 2.53. The van der Waals surface area contributed by atoms with Crippen LogP contribution >= 0.6 is 0 Å². The molecule has 1 aromatic heterocycles. The summed E-state index contributed by atoms with van der Waals surface area (Å²) in [6.07, 6.45) is -2.93. The molecule has 0 aliphatic rings. The largest absolute Gasteiger partial charge is 0.451 e. The molecular weight excluding hydrogens is 619 g/mol. The van der Waals surface area contributed by atoms with Crippen LogP contribution in [0.3, 0.4) is 0 Å². The highest BCUT2D eigenvalue weighted by molar-refractivity contribution is 7.90. The zero-order valence-corrected chi connectivity index (χ0v) is 23.2. The predicted molar refractivity (Wildman–Crippen MR) is 145 cm³/mol. The predicted octanol–water partition coefficient (Wildman–Crippen LogP) is 7.26. The van der Waals surface area contributed by atoms with E-state index in [9.17, 15) is 43.9 Å².